The predicted molar refractivity (Wildman–Crippen MR) is 103 cm³/mol. The summed E-state index contributed by atoms with van der Waals surface area (Å²) in [5.41, 5.74) is 1.99. The molecule has 0 spiro atoms. The normalized spacial score (nSPS) is 16.6. The molecule has 1 heterocycles. The van der Waals surface area contributed by atoms with Crippen LogP contribution in [0.3, 0.4) is 0 Å². The summed E-state index contributed by atoms with van der Waals surface area (Å²) in [5, 5.41) is 0.521. The molecule has 0 aromatic heterocycles. The smallest absolute Gasteiger partial charge is 0.263 e. The van der Waals surface area contributed by atoms with Gasteiger partial charge in [-0.05, 0) is 71.2 Å². The molecule has 0 saturated heterocycles. The maximum Gasteiger partial charge on any atom is 0.263 e. The number of hydrogen-bond acceptors (Lipinski definition) is 3. The van der Waals surface area contributed by atoms with Crippen molar-refractivity contribution in [2.75, 3.05) is 9.62 Å². The van der Waals surface area contributed by atoms with E-state index in [9.17, 15) is 13.2 Å². The Hall–Kier alpha value is -1.57. The van der Waals surface area contributed by atoms with Crippen LogP contribution in [-0.2, 0) is 21.2 Å². The Balaban J connectivity index is 2.02. The zero-order valence-corrected chi connectivity index (χ0v) is 16.7. The molecule has 25 heavy (non-hydrogen) atoms. The minimum absolute atomic E-state index is 0.00146. The third kappa shape index (κ3) is 3.54. The summed E-state index contributed by atoms with van der Waals surface area (Å²) in [5.74, 6) is -0.109. The van der Waals surface area contributed by atoms with Crippen LogP contribution in [0, 0.1) is 0 Å². The van der Waals surface area contributed by atoms with Gasteiger partial charge < -0.3 is 4.90 Å². The monoisotopic (exact) mass is 442 g/mol. The largest absolute Gasteiger partial charge is 0.309 e. The van der Waals surface area contributed by atoms with Gasteiger partial charge in [0.2, 0.25) is 5.91 Å². The molecule has 1 amide bonds. The van der Waals surface area contributed by atoms with Crippen molar-refractivity contribution in [1.82, 2.24) is 0 Å². The third-order valence-corrected chi connectivity index (χ3v) is 6.67. The fourth-order valence-electron chi connectivity index (χ4n) is 3.03. The SMILES string of the molecule is CC(=O)N1c2cc(S(=O)(=O)Nc3ccc(Cl)cc3)c(Br)cc2CC1C. The highest BCUT2D eigenvalue weighted by Gasteiger charge is 2.32. The highest BCUT2D eigenvalue weighted by atomic mass is 79.9. The number of benzene rings is 2. The number of nitrogens with zero attached hydrogens (tertiary/aromatic N) is 1. The molecule has 1 unspecified atom stereocenters. The van der Waals surface area contributed by atoms with Gasteiger partial charge in [0.05, 0.1) is 0 Å². The molecule has 8 heteroatoms. The number of carbonyl (C=O) groups is 1. The fourth-order valence-corrected chi connectivity index (χ4v) is 5.33. The number of anilines is 2. The van der Waals surface area contributed by atoms with Gasteiger partial charge in [0.25, 0.3) is 10.0 Å². The Morgan fingerprint density at radius 1 is 1.28 bits per heavy atom. The van der Waals surface area contributed by atoms with E-state index in [2.05, 4.69) is 20.7 Å². The average molecular weight is 444 g/mol. The van der Waals surface area contributed by atoms with Gasteiger partial charge >= 0.3 is 0 Å². The molecular weight excluding hydrogens is 428 g/mol. The summed E-state index contributed by atoms with van der Waals surface area (Å²) in [6.07, 6.45) is 0.693. The van der Waals surface area contributed by atoms with E-state index in [1.807, 2.05) is 6.92 Å². The standard InChI is InChI=1S/C17H16BrClN2O3S/c1-10-7-12-8-15(18)17(9-16(12)21(10)11(2)22)25(23,24)20-14-5-3-13(19)4-6-14/h3-6,8-10,20H,7H2,1-2H3. The van der Waals surface area contributed by atoms with Crippen molar-refractivity contribution in [1.29, 1.82) is 0 Å². The molecule has 1 N–H and O–H groups in total. The van der Waals surface area contributed by atoms with E-state index in [0.717, 1.165) is 5.56 Å². The van der Waals surface area contributed by atoms with Crippen molar-refractivity contribution in [3.63, 3.8) is 0 Å². The van der Waals surface area contributed by atoms with E-state index in [-0.39, 0.29) is 16.8 Å². The van der Waals surface area contributed by atoms with Gasteiger partial charge in [0.1, 0.15) is 4.90 Å². The number of nitrogens with one attached hydrogen (secondary N) is 1. The number of amides is 1. The van der Waals surface area contributed by atoms with Gasteiger partial charge in [-0.2, -0.15) is 0 Å². The lowest BCUT2D eigenvalue weighted by atomic mass is 10.1. The van der Waals surface area contributed by atoms with E-state index in [0.29, 0.717) is 27.3 Å². The maximum absolute atomic E-state index is 12.8. The highest BCUT2D eigenvalue weighted by molar-refractivity contribution is 9.10. The third-order valence-electron chi connectivity index (χ3n) is 4.07. The lowest BCUT2D eigenvalue weighted by Gasteiger charge is -2.21. The number of carbonyl (C=O) groups excluding carboxylic acids is 1. The van der Waals surface area contributed by atoms with Crippen LogP contribution < -0.4 is 9.62 Å². The number of sulfonamides is 1. The number of halogens is 2. The van der Waals surface area contributed by atoms with Crippen molar-refractivity contribution >= 4 is 54.8 Å². The van der Waals surface area contributed by atoms with Crippen LogP contribution in [0.2, 0.25) is 5.02 Å². The van der Waals surface area contributed by atoms with Gasteiger partial charge in [0.15, 0.2) is 0 Å². The fraction of sp³-hybridized carbons (Fsp3) is 0.235. The van der Waals surface area contributed by atoms with Crippen LogP contribution in [-0.4, -0.2) is 20.4 Å². The summed E-state index contributed by atoms with van der Waals surface area (Å²) >= 11 is 9.17. The molecule has 0 radical (unpaired) electrons. The average Bonchev–Trinajstić information content (AvgIpc) is 2.83. The van der Waals surface area contributed by atoms with Crippen LogP contribution in [0.5, 0.6) is 0 Å². The summed E-state index contributed by atoms with van der Waals surface area (Å²) in [7, 11) is -3.82. The molecule has 0 saturated carbocycles. The first-order valence-corrected chi connectivity index (χ1v) is 10.2. The second-order valence-electron chi connectivity index (χ2n) is 5.97. The molecule has 0 bridgehead atoms. The maximum atomic E-state index is 12.8. The highest BCUT2D eigenvalue weighted by Crippen LogP contribution is 2.38. The zero-order valence-electron chi connectivity index (χ0n) is 13.6. The molecule has 1 aliphatic heterocycles. The first-order chi connectivity index (χ1) is 11.7. The number of fused-ring (bicyclic) bond motifs is 1. The molecule has 0 aliphatic carbocycles. The summed E-state index contributed by atoms with van der Waals surface area (Å²) < 4.78 is 28.6. The van der Waals surface area contributed by atoms with E-state index in [1.165, 1.54) is 6.92 Å². The van der Waals surface area contributed by atoms with Crippen LogP contribution in [0.25, 0.3) is 0 Å². The van der Waals surface area contributed by atoms with E-state index in [4.69, 9.17) is 11.6 Å². The molecule has 3 rings (SSSR count). The van der Waals surface area contributed by atoms with E-state index < -0.39 is 10.0 Å². The lowest BCUT2D eigenvalue weighted by molar-refractivity contribution is -0.116. The van der Waals surface area contributed by atoms with Gasteiger partial charge in [-0.25, -0.2) is 8.42 Å². The first kappa shape index (κ1) is 18.2. The minimum atomic E-state index is -3.82. The Morgan fingerprint density at radius 3 is 2.52 bits per heavy atom. The molecular formula is C17H16BrClN2O3S. The molecule has 1 atom stereocenters. The van der Waals surface area contributed by atoms with Gasteiger partial charge in [-0.15, -0.1) is 0 Å². The zero-order chi connectivity index (χ0) is 18.4. The van der Waals surface area contributed by atoms with Crippen molar-refractivity contribution in [3.05, 3.63) is 51.5 Å². The van der Waals surface area contributed by atoms with Crippen molar-refractivity contribution in [2.45, 2.75) is 31.2 Å². The Morgan fingerprint density at radius 2 is 1.92 bits per heavy atom. The van der Waals surface area contributed by atoms with Gasteiger partial charge in [-0.1, -0.05) is 11.6 Å². The predicted octanol–water partition coefficient (Wildman–Crippen LogP) is 4.20. The van der Waals surface area contributed by atoms with E-state index in [1.54, 1.807) is 41.3 Å². The topological polar surface area (TPSA) is 66.5 Å². The molecule has 132 valence electrons. The summed E-state index contributed by atoms with van der Waals surface area (Å²) in [6, 6.07) is 9.71. The quantitative estimate of drug-likeness (QED) is 0.773. The van der Waals surface area contributed by atoms with Gasteiger partial charge in [0, 0.05) is 33.8 Å². The Kier molecular flexibility index (Phi) is 4.83. The Labute approximate surface area is 160 Å². The molecule has 2 aromatic rings. The second kappa shape index (κ2) is 6.63. The molecule has 5 nitrogen and oxygen atoms in total. The van der Waals surface area contributed by atoms with Crippen LogP contribution in [0.4, 0.5) is 11.4 Å². The van der Waals surface area contributed by atoms with Crippen molar-refractivity contribution in [2.24, 2.45) is 0 Å². The van der Waals surface area contributed by atoms with Crippen LogP contribution in [0.1, 0.15) is 19.4 Å². The summed E-state index contributed by atoms with van der Waals surface area (Å²) in [4.78, 5) is 13.6. The minimum Gasteiger partial charge on any atom is -0.309 e. The van der Waals surface area contributed by atoms with E-state index >= 15 is 0 Å². The van der Waals surface area contributed by atoms with Crippen LogP contribution in [0.15, 0.2) is 45.8 Å². The Bertz CT molecular complexity index is 945. The molecule has 2 aromatic carbocycles. The van der Waals surface area contributed by atoms with Gasteiger partial charge in [-0.3, -0.25) is 9.52 Å². The first-order valence-electron chi connectivity index (χ1n) is 7.59. The number of rotatable bonds is 3. The van der Waals surface area contributed by atoms with Crippen LogP contribution >= 0.6 is 27.5 Å². The van der Waals surface area contributed by atoms with Crippen molar-refractivity contribution < 1.29 is 13.2 Å². The second-order valence-corrected chi connectivity index (χ2v) is 8.91. The summed E-state index contributed by atoms with van der Waals surface area (Å²) in [6.45, 7) is 3.42. The molecule has 0 fully saturated rings. The van der Waals surface area contributed by atoms with Crippen molar-refractivity contribution in [3.8, 4) is 0 Å². The lowest BCUT2D eigenvalue weighted by Crippen LogP contribution is -2.33. The molecule has 1 aliphatic rings. The number of hydrogen-bond donors (Lipinski definition) is 1.